The molecule has 0 aliphatic carbocycles. The Bertz CT molecular complexity index is 449. The van der Waals surface area contributed by atoms with Gasteiger partial charge in [0.25, 0.3) is 10.0 Å². The summed E-state index contributed by atoms with van der Waals surface area (Å²) >= 11 is 0. The molecule has 0 aromatic carbocycles. The number of hydrogen-bond donors (Lipinski definition) is 1. The van der Waals surface area contributed by atoms with Gasteiger partial charge < -0.3 is 9.73 Å². The Balaban J connectivity index is 2.66. The Morgan fingerprint density at radius 3 is 2.53 bits per heavy atom. The first-order chi connectivity index (χ1) is 7.84. The summed E-state index contributed by atoms with van der Waals surface area (Å²) < 4.78 is 29.9. The van der Waals surface area contributed by atoms with Crippen LogP contribution in [0.5, 0.6) is 0 Å². The molecule has 1 aromatic heterocycles. The Labute approximate surface area is 103 Å². The average Bonchev–Trinajstić information content (AvgIpc) is 2.66. The molecule has 17 heavy (non-hydrogen) atoms. The summed E-state index contributed by atoms with van der Waals surface area (Å²) in [5, 5.41) is 3.18. The second kappa shape index (κ2) is 5.66. The lowest BCUT2D eigenvalue weighted by Crippen LogP contribution is -2.21. The smallest absolute Gasteiger partial charge is 0.275 e. The van der Waals surface area contributed by atoms with Crippen LogP contribution in [0.25, 0.3) is 0 Å². The largest absolute Gasteiger partial charge is 0.447 e. The summed E-state index contributed by atoms with van der Waals surface area (Å²) in [6.45, 7) is 5.63. The third-order valence-corrected chi connectivity index (χ3v) is 3.91. The SMILES string of the molecule is CC(C)CNCc1ccc(S(=O)(=O)N(C)C)o1. The van der Waals surface area contributed by atoms with Crippen molar-refractivity contribution in [3.63, 3.8) is 0 Å². The van der Waals surface area contributed by atoms with Crippen LogP contribution < -0.4 is 5.32 Å². The molecule has 6 heteroatoms. The molecule has 1 aromatic rings. The Morgan fingerprint density at radius 1 is 1.35 bits per heavy atom. The second-order valence-corrected chi connectivity index (χ2v) is 6.62. The van der Waals surface area contributed by atoms with Gasteiger partial charge >= 0.3 is 0 Å². The standard InChI is InChI=1S/C11H20N2O3S/c1-9(2)7-12-8-10-5-6-11(16-10)17(14,15)13(3)4/h5-6,9,12H,7-8H2,1-4H3. The number of furan rings is 1. The molecule has 0 atom stereocenters. The van der Waals surface area contributed by atoms with Gasteiger partial charge in [0.05, 0.1) is 6.54 Å². The fourth-order valence-corrected chi connectivity index (χ4v) is 2.07. The number of rotatable bonds is 6. The molecular formula is C11H20N2O3S. The van der Waals surface area contributed by atoms with Gasteiger partial charge in [-0.05, 0) is 24.6 Å². The normalized spacial score (nSPS) is 12.6. The Hall–Kier alpha value is -0.850. The van der Waals surface area contributed by atoms with Crippen molar-refractivity contribution in [1.82, 2.24) is 9.62 Å². The summed E-state index contributed by atoms with van der Waals surface area (Å²) in [7, 11) is -0.497. The van der Waals surface area contributed by atoms with Gasteiger partial charge in [-0.3, -0.25) is 0 Å². The van der Waals surface area contributed by atoms with E-state index in [0.29, 0.717) is 18.2 Å². The molecule has 98 valence electrons. The zero-order valence-corrected chi connectivity index (χ0v) is 11.5. The maximum atomic E-state index is 11.7. The van der Waals surface area contributed by atoms with Crippen LogP contribution in [0, 0.1) is 5.92 Å². The topological polar surface area (TPSA) is 62.6 Å². The molecular weight excluding hydrogens is 240 g/mol. The third kappa shape index (κ3) is 3.83. The van der Waals surface area contributed by atoms with Crippen molar-refractivity contribution >= 4 is 10.0 Å². The monoisotopic (exact) mass is 260 g/mol. The van der Waals surface area contributed by atoms with Crippen LogP contribution in [0.2, 0.25) is 0 Å². The van der Waals surface area contributed by atoms with Crippen molar-refractivity contribution in [3.05, 3.63) is 17.9 Å². The van der Waals surface area contributed by atoms with Gasteiger partial charge in [-0.1, -0.05) is 13.8 Å². The first-order valence-corrected chi connectivity index (χ1v) is 7.00. The van der Waals surface area contributed by atoms with Crippen LogP contribution >= 0.6 is 0 Å². The number of sulfonamides is 1. The zero-order chi connectivity index (χ0) is 13.1. The van der Waals surface area contributed by atoms with Crippen LogP contribution in [0.1, 0.15) is 19.6 Å². The van der Waals surface area contributed by atoms with E-state index in [1.54, 1.807) is 6.07 Å². The highest BCUT2D eigenvalue weighted by atomic mass is 32.2. The van der Waals surface area contributed by atoms with Gasteiger partial charge in [-0.15, -0.1) is 0 Å². The molecule has 0 amide bonds. The maximum absolute atomic E-state index is 11.7. The molecule has 1 rings (SSSR count). The molecule has 0 saturated carbocycles. The zero-order valence-electron chi connectivity index (χ0n) is 10.7. The predicted octanol–water partition coefficient (Wildman–Crippen LogP) is 1.28. The molecule has 0 spiro atoms. The minimum Gasteiger partial charge on any atom is -0.447 e. The highest BCUT2D eigenvalue weighted by Gasteiger charge is 2.21. The van der Waals surface area contributed by atoms with Crippen molar-refractivity contribution in [2.75, 3.05) is 20.6 Å². The highest BCUT2D eigenvalue weighted by Crippen LogP contribution is 2.16. The fourth-order valence-electron chi connectivity index (χ4n) is 1.26. The van der Waals surface area contributed by atoms with E-state index in [-0.39, 0.29) is 5.09 Å². The van der Waals surface area contributed by atoms with Crippen molar-refractivity contribution in [1.29, 1.82) is 0 Å². The minimum atomic E-state index is -3.46. The lowest BCUT2D eigenvalue weighted by molar-refractivity contribution is 0.385. The van der Waals surface area contributed by atoms with Crippen molar-refractivity contribution in [2.24, 2.45) is 5.92 Å². The first kappa shape index (κ1) is 14.2. The Morgan fingerprint density at radius 2 is 2.00 bits per heavy atom. The van der Waals surface area contributed by atoms with E-state index in [1.807, 2.05) is 0 Å². The van der Waals surface area contributed by atoms with Gasteiger partial charge in [0.2, 0.25) is 5.09 Å². The van der Waals surface area contributed by atoms with Crippen LogP contribution in [0.3, 0.4) is 0 Å². The van der Waals surface area contributed by atoms with Crippen LogP contribution in [0.15, 0.2) is 21.6 Å². The summed E-state index contributed by atoms with van der Waals surface area (Å²) in [6, 6.07) is 3.17. The van der Waals surface area contributed by atoms with Crippen molar-refractivity contribution < 1.29 is 12.8 Å². The van der Waals surface area contributed by atoms with E-state index in [2.05, 4.69) is 19.2 Å². The molecule has 5 nitrogen and oxygen atoms in total. The molecule has 0 bridgehead atoms. The van der Waals surface area contributed by atoms with Gasteiger partial charge in [-0.2, -0.15) is 0 Å². The van der Waals surface area contributed by atoms with E-state index < -0.39 is 10.0 Å². The number of nitrogens with one attached hydrogen (secondary N) is 1. The van der Waals surface area contributed by atoms with Crippen LogP contribution in [-0.4, -0.2) is 33.4 Å². The van der Waals surface area contributed by atoms with Crippen LogP contribution in [-0.2, 0) is 16.6 Å². The van der Waals surface area contributed by atoms with Crippen molar-refractivity contribution in [2.45, 2.75) is 25.5 Å². The number of nitrogens with zero attached hydrogens (tertiary/aromatic N) is 1. The fraction of sp³-hybridized carbons (Fsp3) is 0.636. The van der Waals surface area contributed by atoms with E-state index >= 15 is 0 Å². The van der Waals surface area contributed by atoms with E-state index in [0.717, 1.165) is 10.8 Å². The van der Waals surface area contributed by atoms with Gasteiger partial charge in [0.15, 0.2) is 0 Å². The molecule has 0 aliphatic rings. The first-order valence-electron chi connectivity index (χ1n) is 5.56. The molecule has 0 fully saturated rings. The van der Waals surface area contributed by atoms with Gasteiger partial charge in [-0.25, -0.2) is 12.7 Å². The summed E-state index contributed by atoms with van der Waals surface area (Å²) in [6.07, 6.45) is 0. The number of hydrogen-bond acceptors (Lipinski definition) is 4. The molecule has 0 unspecified atom stereocenters. The molecule has 0 radical (unpaired) electrons. The van der Waals surface area contributed by atoms with E-state index in [1.165, 1.54) is 20.2 Å². The van der Waals surface area contributed by atoms with Gasteiger partial charge in [0, 0.05) is 14.1 Å². The average molecular weight is 260 g/mol. The molecule has 0 aliphatic heterocycles. The minimum absolute atomic E-state index is 0.0103. The lowest BCUT2D eigenvalue weighted by Gasteiger charge is -2.08. The second-order valence-electron chi connectivity index (χ2n) is 4.53. The highest BCUT2D eigenvalue weighted by molar-refractivity contribution is 7.88. The maximum Gasteiger partial charge on any atom is 0.275 e. The Kier molecular flexibility index (Phi) is 4.73. The van der Waals surface area contributed by atoms with E-state index in [9.17, 15) is 8.42 Å². The van der Waals surface area contributed by atoms with Crippen molar-refractivity contribution in [3.8, 4) is 0 Å². The lowest BCUT2D eigenvalue weighted by atomic mass is 10.2. The third-order valence-electron chi connectivity index (χ3n) is 2.22. The predicted molar refractivity (Wildman–Crippen MR) is 66.1 cm³/mol. The quantitative estimate of drug-likeness (QED) is 0.837. The summed E-state index contributed by atoms with van der Waals surface area (Å²) in [4.78, 5) is 0. The summed E-state index contributed by atoms with van der Waals surface area (Å²) in [5.41, 5.74) is 0. The summed E-state index contributed by atoms with van der Waals surface area (Å²) in [5.74, 6) is 1.18. The van der Waals surface area contributed by atoms with Gasteiger partial charge in [0.1, 0.15) is 5.76 Å². The molecule has 1 N–H and O–H groups in total. The molecule has 0 saturated heterocycles. The van der Waals surface area contributed by atoms with Crippen LogP contribution in [0.4, 0.5) is 0 Å². The van der Waals surface area contributed by atoms with E-state index in [4.69, 9.17) is 4.42 Å². The molecule has 1 heterocycles.